The first-order valence-corrected chi connectivity index (χ1v) is 7.14. The summed E-state index contributed by atoms with van der Waals surface area (Å²) in [5, 5.41) is 0. The van der Waals surface area contributed by atoms with Crippen molar-refractivity contribution in [1.29, 1.82) is 0 Å². The molecule has 0 saturated heterocycles. The molecule has 0 bridgehead atoms. The molecule has 120 valence electrons. The second-order valence-corrected chi connectivity index (χ2v) is 6.00. The third-order valence-electron chi connectivity index (χ3n) is 2.59. The van der Waals surface area contributed by atoms with Gasteiger partial charge in [-0.2, -0.15) is 17.5 Å². The van der Waals surface area contributed by atoms with Crippen molar-refractivity contribution in [3.63, 3.8) is 0 Å². The monoisotopic (exact) mass is 335 g/mol. The highest BCUT2D eigenvalue weighted by atomic mass is 32.2. The van der Waals surface area contributed by atoms with Gasteiger partial charge in [-0.3, -0.25) is 0 Å². The van der Waals surface area contributed by atoms with Gasteiger partial charge in [-0.05, 0) is 12.1 Å². The zero-order valence-electron chi connectivity index (χ0n) is 10.7. The Labute approximate surface area is 117 Å². The molecule has 1 aromatic rings. The summed E-state index contributed by atoms with van der Waals surface area (Å²) in [5.74, 6) is -5.33. The van der Waals surface area contributed by atoms with Crippen LogP contribution in [-0.2, 0) is 10.0 Å². The highest BCUT2D eigenvalue weighted by Gasteiger charge is 2.32. The van der Waals surface area contributed by atoms with Crippen molar-refractivity contribution in [2.24, 2.45) is 0 Å². The van der Waals surface area contributed by atoms with Gasteiger partial charge >= 0.3 is 6.18 Å². The van der Waals surface area contributed by atoms with Crippen molar-refractivity contribution in [2.75, 3.05) is 13.1 Å². The largest absolute Gasteiger partial charge is 0.390 e. The summed E-state index contributed by atoms with van der Waals surface area (Å²) < 4.78 is 99.7. The maximum absolute atomic E-state index is 13.0. The summed E-state index contributed by atoms with van der Waals surface area (Å²) in [6, 6.07) is 0.452. The molecule has 3 nitrogen and oxygen atoms in total. The Hall–Kier alpha value is -1.29. The van der Waals surface area contributed by atoms with Gasteiger partial charge < -0.3 is 0 Å². The molecule has 0 N–H and O–H groups in total. The van der Waals surface area contributed by atoms with E-state index < -0.39 is 51.5 Å². The number of benzene rings is 1. The number of alkyl halides is 3. The number of rotatable bonds is 5. The summed E-state index contributed by atoms with van der Waals surface area (Å²) in [6.45, 7) is 0.0339. The topological polar surface area (TPSA) is 37.4 Å². The average Bonchev–Trinajstić information content (AvgIpc) is 2.34. The third kappa shape index (κ3) is 4.34. The lowest BCUT2D eigenvalue weighted by atomic mass is 10.3. The van der Waals surface area contributed by atoms with Gasteiger partial charge in [-0.1, -0.05) is 6.92 Å². The summed E-state index contributed by atoms with van der Waals surface area (Å²) in [4.78, 5) is -0.942. The summed E-state index contributed by atoms with van der Waals surface area (Å²) >= 11 is 0. The molecule has 0 unspecified atom stereocenters. The normalized spacial score (nSPS) is 13.0. The van der Waals surface area contributed by atoms with Gasteiger partial charge in [0.2, 0.25) is 10.0 Å². The fourth-order valence-electron chi connectivity index (χ4n) is 1.53. The minimum atomic E-state index is -4.58. The minimum absolute atomic E-state index is 0.226. The van der Waals surface area contributed by atoms with Crippen LogP contribution >= 0.6 is 0 Å². The number of halogens is 6. The molecule has 0 amide bonds. The van der Waals surface area contributed by atoms with Gasteiger partial charge in [0, 0.05) is 13.1 Å². The van der Waals surface area contributed by atoms with Crippen LogP contribution in [0.5, 0.6) is 0 Å². The zero-order valence-corrected chi connectivity index (χ0v) is 11.5. The van der Waals surface area contributed by atoms with Crippen LogP contribution in [-0.4, -0.2) is 32.0 Å². The molecular weight excluding hydrogens is 324 g/mol. The maximum atomic E-state index is 13.0. The van der Waals surface area contributed by atoms with Gasteiger partial charge in [-0.15, -0.1) is 0 Å². The van der Waals surface area contributed by atoms with Crippen molar-refractivity contribution in [1.82, 2.24) is 4.31 Å². The number of nitrogens with zero attached hydrogens (tertiary/aromatic N) is 1. The second kappa shape index (κ2) is 6.22. The van der Waals surface area contributed by atoms with Gasteiger partial charge in [0.15, 0.2) is 17.5 Å². The van der Waals surface area contributed by atoms with Gasteiger partial charge in [0.05, 0.1) is 11.3 Å². The Balaban J connectivity index is 3.13. The fraction of sp³-hybridized carbons (Fsp3) is 0.455. The molecule has 21 heavy (non-hydrogen) atoms. The molecule has 0 aliphatic rings. The first-order valence-electron chi connectivity index (χ1n) is 5.70. The van der Waals surface area contributed by atoms with Crippen LogP contribution in [0.25, 0.3) is 0 Å². The summed E-state index contributed by atoms with van der Waals surface area (Å²) in [6.07, 6.45) is -5.99. The molecule has 1 rings (SSSR count). The van der Waals surface area contributed by atoms with Crippen molar-refractivity contribution >= 4 is 10.0 Å². The van der Waals surface area contributed by atoms with Gasteiger partial charge in [-0.25, -0.2) is 21.6 Å². The van der Waals surface area contributed by atoms with E-state index in [9.17, 15) is 34.8 Å². The van der Waals surface area contributed by atoms with E-state index in [0.717, 1.165) is 0 Å². The standard InChI is InChI=1S/C11H11F6NO2S/c1-2-18(4-3-11(15,16)17)21(19,20)7-5-8(12)10(14)9(13)6-7/h5-6H,2-4H2,1H3. The predicted octanol–water partition coefficient (Wildman–Crippen LogP) is 3.07. The van der Waals surface area contributed by atoms with Crippen LogP contribution in [0, 0.1) is 17.5 Å². The molecule has 0 saturated carbocycles. The lowest BCUT2D eigenvalue weighted by Crippen LogP contribution is -2.34. The molecule has 0 aliphatic carbocycles. The molecule has 0 radical (unpaired) electrons. The average molecular weight is 335 g/mol. The molecule has 10 heteroatoms. The highest BCUT2D eigenvalue weighted by molar-refractivity contribution is 7.89. The van der Waals surface area contributed by atoms with E-state index in [2.05, 4.69) is 0 Å². The molecule has 0 heterocycles. The van der Waals surface area contributed by atoms with E-state index in [1.165, 1.54) is 6.92 Å². The molecule has 1 aromatic carbocycles. The highest BCUT2D eigenvalue weighted by Crippen LogP contribution is 2.24. The van der Waals surface area contributed by atoms with Crippen molar-refractivity contribution in [3.8, 4) is 0 Å². The number of hydrogen-bond donors (Lipinski definition) is 0. The van der Waals surface area contributed by atoms with Gasteiger partial charge in [0.25, 0.3) is 0 Å². The molecule has 0 spiro atoms. The van der Waals surface area contributed by atoms with Crippen LogP contribution in [0.4, 0.5) is 26.3 Å². The quantitative estimate of drug-likeness (QED) is 0.613. The summed E-state index contributed by atoms with van der Waals surface area (Å²) in [5.41, 5.74) is 0. The Kier molecular flexibility index (Phi) is 5.26. The molecular formula is C11H11F6NO2S. The SMILES string of the molecule is CCN(CCC(F)(F)F)S(=O)(=O)c1cc(F)c(F)c(F)c1. The Morgan fingerprint density at radius 2 is 1.57 bits per heavy atom. The first kappa shape index (κ1) is 17.8. The lowest BCUT2D eigenvalue weighted by Gasteiger charge is -2.21. The van der Waals surface area contributed by atoms with Crippen LogP contribution in [0.2, 0.25) is 0 Å². The molecule has 0 aliphatic heterocycles. The first-order chi connectivity index (χ1) is 9.49. The second-order valence-electron chi connectivity index (χ2n) is 4.06. The van der Waals surface area contributed by atoms with Crippen LogP contribution in [0.1, 0.15) is 13.3 Å². The number of sulfonamides is 1. The third-order valence-corrected chi connectivity index (χ3v) is 4.54. The van der Waals surface area contributed by atoms with E-state index in [1.807, 2.05) is 0 Å². The molecule has 0 fully saturated rings. The van der Waals surface area contributed by atoms with Crippen LogP contribution < -0.4 is 0 Å². The number of hydrogen-bond acceptors (Lipinski definition) is 2. The Bertz CT molecular complexity index is 591. The smallest absolute Gasteiger partial charge is 0.207 e. The Morgan fingerprint density at radius 3 is 1.95 bits per heavy atom. The van der Waals surface area contributed by atoms with E-state index >= 15 is 0 Å². The Morgan fingerprint density at radius 1 is 1.10 bits per heavy atom. The minimum Gasteiger partial charge on any atom is -0.207 e. The van der Waals surface area contributed by atoms with Gasteiger partial charge in [0.1, 0.15) is 0 Å². The van der Waals surface area contributed by atoms with E-state index in [4.69, 9.17) is 0 Å². The summed E-state index contributed by atoms with van der Waals surface area (Å²) in [7, 11) is -4.55. The van der Waals surface area contributed by atoms with E-state index in [-0.39, 0.29) is 18.7 Å². The predicted molar refractivity (Wildman–Crippen MR) is 61.4 cm³/mol. The molecule has 0 atom stereocenters. The van der Waals surface area contributed by atoms with E-state index in [0.29, 0.717) is 4.31 Å². The lowest BCUT2D eigenvalue weighted by molar-refractivity contribution is -0.135. The molecule has 0 aromatic heterocycles. The maximum Gasteiger partial charge on any atom is 0.390 e. The van der Waals surface area contributed by atoms with Crippen molar-refractivity contribution in [3.05, 3.63) is 29.6 Å². The van der Waals surface area contributed by atoms with Crippen molar-refractivity contribution in [2.45, 2.75) is 24.4 Å². The van der Waals surface area contributed by atoms with E-state index in [1.54, 1.807) is 0 Å². The fourth-order valence-corrected chi connectivity index (χ4v) is 3.00. The van der Waals surface area contributed by atoms with Crippen LogP contribution in [0.15, 0.2) is 17.0 Å². The van der Waals surface area contributed by atoms with Crippen LogP contribution in [0.3, 0.4) is 0 Å². The zero-order chi connectivity index (χ0) is 16.4. The van der Waals surface area contributed by atoms with Crippen molar-refractivity contribution < 1.29 is 34.8 Å².